The van der Waals surface area contributed by atoms with E-state index >= 15 is 0 Å². The van der Waals surface area contributed by atoms with Crippen molar-refractivity contribution in [1.82, 2.24) is 15.0 Å². The van der Waals surface area contributed by atoms with Gasteiger partial charge in [-0.3, -0.25) is 4.98 Å². The molecule has 2 heterocycles. The van der Waals surface area contributed by atoms with Crippen LogP contribution in [0.15, 0.2) is 60.9 Å². The third-order valence-electron chi connectivity index (χ3n) is 3.66. The maximum absolute atomic E-state index is 4.08. The molecule has 0 aliphatic carbocycles. The van der Waals surface area contributed by atoms with Crippen LogP contribution < -0.4 is 0 Å². The van der Waals surface area contributed by atoms with Crippen molar-refractivity contribution < 1.29 is 0 Å². The molecule has 3 nitrogen and oxygen atoms in total. The molecule has 0 bridgehead atoms. The molecule has 2 aromatic rings. The van der Waals surface area contributed by atoms with Crippen LogP contribution in [0.2, 0.25) is 0 Å². The van der Waals surface area contributed by atoms with Gasteiger partial charge in [0.25, 0.3) is 0 Å². The van der Waals surface area contributed by atoms with Crippen molar-refractivity contribution >= 4 is 5.70 Å². The molecule has 0 saturated carbocycles. The Hall–Kier alpha value is -2.13. The Balaban J connectivity index is 1.99. The third-order valence-corrected chi connectivity index (χ3v) is 3.66. The maximum Gasteiger partial charge on any atom is 0.0743 e. The van der Waals surface area contributed by atoms with Crippen LogP contribution in [-0.4, -0.2) is 29.1 Å². The molecular formula is C16H17N3. The molecule has 1 aromatic carbocycles. The predicted octanol–water partition coefficient (Wildman–Crippen LogP) is 2.96. The number of hydrogen-bond donors (Lipinski definition) is 0. The number of aromatic nitrogens is 1. The van der Waals surface area contributed by atoms with Crippen LogP contribution in [-0.2, 0) is 0 Å². The van der Waals surface area contributed by atoms with Gasteiger partial charge in [-0.2, -0.15) is 0 Å². The molecule has 1 aliphatic rings. The summed E-state index contributed by atoms with van der Waals surface area (Å²) in [6.07, 6.45) is 5.96. The molecule has 0 amide bonds. The summed E-state index contributed by atoms with van der Waals surface area (Å²) < 4.78 is 0. The van der Waals surface area contributed by atoms with Crippen LogP contribution in [0.3, 0.4) is 0 Å². The Bertz CT molecular complexity index is 577. The highest BCUT2D eigenvalue weighted by molar-refractivity contribution is 5.66. The first-order valence-corrected chi connectivity index (χ1v) is 6.41. The number of hydrazine groups is 1. The van der Waals surface area contributed by atoms with E-state index < -0.39 is 0 Å². The summed E-state index contributed by atoms with van der Waals surface area (Å²) in [5.74, 6) is 0. The Labute approximate surface area is 113 Å². The van der Waals surface area contributed by atoms with Crippen LogP contribution >= 0.6 is 0 Å². The van der Waals surface area contributed by atoms with Gasteiger partial charge in [-0.05, 0) is 23.8 Å². The van der Waals surface area contributed by atoms with Crippen molar-refractivity contribution in [3.05, 3.63) is 72.1 Å². The van der Waals surface area contributed by atoms with Crippen molar-refractivity contribution in [3.63, 3.8) is 0 Å². The molecule has 3 heteroatoms. The first-order chi connectivity index (χ1) is 9.27. The molecule has 0 spiro atoms. The normalized spacial score (nSPS) is 19.6. The Morgan fingerprint density at radius 2 is 1.63 bits per heavy atom. The molecule has 0 N–H and O–H groups in total. The van der Waals surface area contributed by atoms with E-state index in [4.69, 9.17) is 0 Å². The smallest absolute Gasteiger partial charge is 0.0743 e. The largest absolute Gasteiger partial charge is 0.308 e. The highest BCUT2D eigenvalue weighted by Crippen LogP contribution is 2.35. The van der Waals surface area contributed by atoms with Crippen molar-refractivity contribution in [2.45, 2.75) is 6.04 Å². The average Bonchev–Trinajstić information content (AvgIpc) is 2.77. The third kappa shape index (κ3) is 2.13. The summed E-state index contributed by atoms with van der Waals surface area (Å²) >= 11 is 0. The summed E-state index contributed by atoms with van der Waals surface area (Å²) in [5.41, 5.74) is 3.72. The SMILES string of the molecule is CN1C(c2ccncc2)=CC(c2ccccc2)N1C. The second-order valence-electron chi connectivity index (χ2n) is 4.74. The Morgan fingerprint density at radius 1 is 0.947 bits per heavy atom. The highest BCUT2D eigenvalue weighted by atomic mass is 15.6. The standard InChI is InChI=1S/C16H17N3/c1-18-15(13-6-4-3-5-7-13)12-16(19(18)2)14-8-10-17-11-9-14/h3-12,15H,1-2H3. The molecule has 1 unspecified atom stereocenters. The first kappa shape index (κ1) is 11.9. The van der Waals surface area contributed by atoms with Crippen molar-refractivity contribution in [2.75, 3.05) is 14.1 Å². The zero-order valence-electron chi connectivity index (χ0n) is 11.2. The van der Waals surface area contributed by atoms with Gasteiger partial charge in [0.15, 0.2) is 0 Å². The van der Waals surface area contributed by atoms with Gasteiger partial charge in [-0.15, -0.1) is 0 Å². The van der Waals surface area contributed by atoms with Gasteiger partial charge in [0.1, 0.15) is 0 Å². The molecule has 1 aliphatic heterocycles. The van der Waals surface area contributed by atoms with Crippen molar-refractivity contribution in [1.29, 1.82) is 0 Å². The molecule has 1 aromatic heterocycles. The Morgan fingerprint density at radius 3 is 2.32 bits per heavy atom. The van der Waals surface area contributed by atoms with Crippen LogP contribution in [0.4, 0.5) is 0 Å². The summed E-state index contributed by atoms with van der Waals surface area (Å²) in [6.45, 7) is 0. The fourth-order valence-corrected chi connectivity index (χ4v) is 2.49. The lowest BCUT2D eigenvalue weighted by Crippen LogP contribution is -2.31. The van der Waals surface area contributed by atoms with E-state index in [0.717, 1.165) is 0 Å². The molecule has 96 valence electrons. The number of likely N-dealkylation sites (N-methyl/N-ethyl adjacent to an activating group) is 1. The zero-order valence-corrected chi connectivity index (χ0v) is 11.2. The fraction of sp³-hybridized carbons (Fsp3) is 0.188. The minimum absolute atomic E-state index is 0.286. The van der Waals surface area contributed by atoms with Crippen LogP contribution in [0.25, 0.3) is 5.70 Å². The quantitative estimate of drug-likeness (QED) is 0.818. The van der Waals surface area contributed by atoms with E-state index in [-0.39, 0.29) is 6.04 Å². The monoisotopic (exact) mass is 251 g/mol. The molecule has 3 rings (SSSR count). The van der Waals surface area contributed by atoms with E-state index in [2.05, 4.69) is 65.5 Å². The summed E-state index contributed by atoms with van der Waals surface area (Å²) in [4.78, 5) is 4.08. The topological polar surface area (TPSA) is 19.4 Å². The lowest BCUT2D eigenvalue weighted by Gasteiger charge is -2.29. The zero-order chi connectivity index (χ0) is 13.2. The summed E-state index contributed by atoms with van der Waals surface area (Å²) in [6, 6.07) is 14.9. The van der Waals surface area contributed by atoms with Gasteiger partial charge >= 0.3 is 0 Å². The molecular weight excluding hydrogens is 234 g/mol. The van der Waals surface area contributed by atoms with E-state index in [0.29, 0.717) is 0 Å². The van der Waals surface area contributed by atoms with Crippen molar-refractivity contribution in [3.8, 4) is 0 Å². The van der Waals surface area contributed by atoms with E-state index in [1.807, 2.05) is 24.5 Å². The number of pyridine rings is 1. The van der Waals surface area contributed by atoms with Crippen LogP contribution in [0.1, 0.15) is 17.2 Å². The average molecular weight is 251 g/mol. The maximum atomic E-state index is 4.08. The minimum Gasteiger partial charge on any atom is -0.308 e. The molecule has 19 heavy (non-hydrogen) atoms. The summed E-state index contributed by atoms with van der Waals surface area (Å²) in [7, 11) is 4.21. The van der Waals surface area contributed by atoms with Gasteiger partial charge in [0.05, 0.1) is 11.7 Å². The molecule has 0 fully saturated rings. The minimum atomic E-state index is 0.286. The Kier molecular flexibility index (Phi) is 3.05. The number of benzene rings is 1. The van der Waals surface area contributed by atoms with Gasteiger partial charge in [0, 0.05) is 32.1 Å². The molecule has 0 saturated heterocycles. The molecule has 1 atom stereocenters. The van der Waals surface area contributed by atoms with Gasteiger partial charge in [-0.25, -0.2) is 5.01 Å². The van der Waals surface area contributed by atoms with E-state index in [9.17, 15) is 0 Å². The number of nitrogens with zero attached hydrogens (tertiary/aromatic N) is 3. The lowest BCUT2D eigenvalue weighted by atomic mass is 10.1. The van der Waals surface area contributed by atoms with Crippen molar-refractivity contribution in [2.24, 2.45) is 0 Å². The second kappa shape index (κ2) is 4.86. The lowest BCUT2D eigenvalue weighted by molar-refractivity contribution is 0.0831. The van der Waals surface area contributed by atoms with E-state index in [1.165, 1.54) is 16.8 Å². The molecule has 0 radical (unpaired) electrons. The van der Waals surface area contributed by atoms with Gasteiger partial charge in [-0.1, -0.05) is 30.3 Å². The van der Waals surface area contributed by atoms with Gasteiger partial charge in [0.2, 0.25) is 0 Å². The van der Waals surface area contributed by atoms with Gasteiger partial charge < -0.3 is 5.01 Å². The highest BCUT2D eigenvalue weighted by Gasteiger charge is 2.28. The number of hydrogen-bond acceptors (Lipinski definition) is 3. The predicted molar refractivity (Wildman–Crippen MR) is 76.9 cm³/mol. The van der Waals surface area contributed by atoms with E-state index in [1.54, 1.807) is 0 Å². The number of rotatable bonds is 2. The first-order valence-electron chi connectivity index (χ1n) is 6.41. The fourth-order valence-electron chi connectivity index (χ4n) is 2.49. The summed E-state index contributed by atoms with van der Waals surface area (Å²) in [5, 5.41) is 4.43. The van der Waals surface area contributed by atoms with Crippen LogP contribution in [0, 0.1) is 0 Å². The second-order valence-corrected chi connectivity index (χ2v) is 4.74. The van der Waals surface area contributed by atoms with Crippen LogP contribution in [0.5, 0.6) is 0 Å².